The molecule has 2 rings (SSSR count). The predicted octanol–water partition coefficient (Wildman–Crippen LogP) is 2.84. The van der Waals surface area contributed by atoms with Crippen molar-refractivity contribution in [3.8, 4) is 5.75 Å². The van der Waals surface area contributed by atoms with Crippen molar-refractivity contribution in [3.05, 3.63) is 29.3 Å². The van der Waals surface area contributed by atoms with Gasteiger partial charge in [0.15, 0.2) is 5.78 Å². The minimum Gasteiger partial charge on any atom is -0.508 e. The molecule has 0 saturated heterocycles. The van der Waals surface area contributed by atoms with Crippen LogP contribution in [0.3, 0.4) is 0 Å². The van der Waals surface area contributed by atoms with Gasteiger partial charge in [-0.25, -0.2) is 0 Å². The Morgan fingerprint density at radius 3 is 2.76 bits per heavy atom. The zero-order valence-corrected chi connectivity index (χ0v) is 13.1. The molecular formula is C17H25NO3. The van der Waals surface area contributed by atoms with E-state index >= 15 is 0 Å². The van der Waals surface area contributed by atoms with Crippen molar-refractivity contribution in [2.45, 2.75) is 39.3 Å². The molecule has 0 amide bonds. The van der Waals surface area contributed by atoms with Crippen LogP contribution >= 0.6 is 0 Å². The molecule has 1 unspecified atom stereocenters. The number of phenols is 1. The third-order valence-electron chi connectivity index (χ3n) is 4.32. The molecule has 0 radical (unpaired) electrons. The number of aromatic hydroxyl groups is 1. The van der Waals surface area contributed by atoms with Crippen molar-refractivity contribution < 1.29 is 14.6 Å². The first-order valence-electron chi connectivity index (χ1n) is 7.58. The zero-order valence-electron chi connectivity index (χ0n) is 13.1. The standard InChI is InChI=1S/C17H25NO3/c1-12(14-4-5-14)18(8-9-21-3)11-16-10-15(13(2)19)6-7-17(16)20/h6-7,10,12,14,20H,4-5,8-9,11H2,1-3H3. The lowest BCUT2D eigenvalue weighted by atomic mass is 10.1. The maximum Gasteiger partial charge on any atom is 0.159 e. The van der Waals surface area contributed by atoms with Gasteiger partial charge in [0, 0.05) is 37.4 Å². The number of Topliss-reactive ketones (excluding diaryl/α,β-unsaturated/α-hetero) is 1. The SMILES string of the molecule is COCCN(Cc1cc(C(C)=O)ccc1O)C(C)C1CC1. The lowest BCUT2D eigenvalue weighted by molar-refractivity contribution is 0.101. The zero-order chi connectivity index (χ0) is 15.4. The van der Waals surface area contributed by atoms with Crippen molar-refractivity contribution in [2.24, 2.45) is 5.92 Å². The number of carbonyl (C=O) groups is 1. The summed E-state index contributed by atoms with van der Waals surface area (Å²) < 4.78 is 5.19. The first-order valence-corrected chi connectivity index (χ1v) is 7.58. The van der Waals surface area contributed by atoms with Gasteiger partial charge >= 0.3 is 0 Å². The van der Waals surface area contributed by atoms with E-state index < -0.39 is 0 Å². The number of hydrogen-bond donors (Lipinski definition) is 1. The second-order valence-electron chi connectivity index (χ2n) is 5.94. The summed E-state index contributed by atoms with van der Waals surface area (Å²) in [5.74, 6) is 1.03. The van der Waals surface area contributed by atoms with Gasteiger partial charge in [-0.05, 0) is 50.8 Å². The fourth-order valence-corrected chi connectivity index (χ4v) is 2.66. The van der Waals surface area contributed by atoms with Crippen molar-refractivity contribution >= 4 is 5.78 Å². The van der Waals surface area contributed by atoms with Gasteiger partial charge in [0.2, 0.25) is 0 Å². The highest BCUT2D eigenvalue weighted by Gasteiger charge is 2.32. The van der Waals surface area contributed by atoms with Gasteiger partial charge in [0.05, 0.1) is 6.61 Å². The van der Waals surface area contributed by atoms with Gasteiger partial charge in [-0.2, -0.15) is 0 Å². The highest BCUT2D eigenvalue weighted by molar-refractivity contribution is 5.94. The van der Waals surface area contributed by atoms with Gasteiger partial charge in [-0.15, -0.1) is 0 Å². The number of hydrogen-bond acceptors (Lipinski definition) is 4. The maximum atomic E-state index is 11.5. The molecule has 1 fully saturated rings. The average molecular weight is 291 g/mol. The molecular weight excluding hydrogens is 266 g/mol. The monoisotopic (exact) mass is 291 g/mol. The second kappa shape index (κ2) is 7.05. The van der Waals surface area contributed by atoms with Gasteiger partial charge < -0.3 is 9.84 Å². The fraction of sp³-hybridized carbons (Fsp3) is 0.588. The number of ether oxygens (including phenoxy) is 1. The molecule has 0 spiro atoms. The van der Waals surface area contributed by atoms with E-state index in [1.807, 2.05) is 0 Å². The van der Waals surface area contributed by atoms with E-state index in [0.29, 0.717) is 24.8 Å². The van der Waals surface area contributed by atoms with E-state index in [0.717, 1.165) is 18.0 Å². The largest absolute Gasteiger partial charge is 0.508 e. The topological polar surface area (TPSA) is 49.8 Å². The molecule has 0 aromatic heterocycles. The predicted molar refractivity (Wildman–Crippen MR) is 82.6 cm³/mol. The van der Waals surface area contributed by atoms with Gasteiger partial charge in [-0.3, -0.25) is 9.69 Å². The van der Waals surface area contributed by atoms with Crippen LogP contribution in [0.2, 0.25) is 0 Å². The molecule has 1 aromatic rings. The van der Waals surface area contributed by atoms with Crippen LogP contribution in [0.5, 0.6) is 5.75 Å². The summed E-state index contributed by atoms with van der Waals surface area (Å²) in [5.41, 5.74) is 1.46. The summed E-state index contributed by atoms with van der Waals surface area (Å²) in [7, 11) is 1.70. The number of methoxy groups -OCH3 is 1. The lowest BCUT2D eigenvalue weighted by Gasteiger charge is -2.29. The molecule has 116 valence electrons. The molecule has 1 saturated carbocycles. The van der Waals surface area contributed by atoms with E-state index in [-0.39, 0.29) is 11.5 Å². The van der Waals surface area contributed by atoms with Crippen molar-refractivity contribution in [1.29, 1.82) is 0 Å². The summed E-state index contributed by atoms with van der Waals surface area (Å²) in [4.78, 5) is 13.8. The van der Waals surface area contributed by atoms with Crippen LogP contribution in [0.1, 0.15) is 42.6 Å². The first-order chi connectivity index (χ1) is 10.0. The highest BCUT2D eigenvalue weighted by Crippen LogP contribution is 2.36. The normalized spacial score (nSPS) is 16.2. The molecule has 21 heavy (non-hydrogen) atoms. The Kier molecular flexibility index (Phi) is 5.37. The Labute approximate surface area is 126 Å². The Bertz CT molecular complexity index is 497. The Hall–Kier alpha value is -1.39. The van der Waals surface area contributed by atoms with E-state index in [9.17, 15) is 9.90 Å². The van der Waals surface area contributed by atoms with E-state index in [1.54, 1.807) is 32.2 Å². The number of ketones is 1. The van der Waals surface area contributed by atoms with E-state index in [4.69, 9.17) is 4.74 Å². The van der Waals surface area contributed by atoms with E-state index in [2.05, 4.69) is 11.8 Å². The minimum atomic E-state index is 0.0231. The number of carbonyl (C=O) groups excluding carboxylic acids is 1. The number of benzene rings is 1. The van der Waals surface area contributed by atoms with Crippen molar-refractivity contribution in [2.75, 3.05) is 20.3 Å². The summed E-state index contributed by atoms with van der Waals surface area (Å²) in [5, 5.41) is 10.1. The van der Waals surface area contributed by atoms with Crippen LogP contribution in [0.25, 0.3) is 0 Å². The van der Waals surface area contributed by atoms with Crippen LogP contribution in [-0.4, -0.2) is 42.1 Å². The smallest absolute Gasteiger partial charge is 0.159 e. The van der Waals surface area contributed by atoms with Crippen LogP contribution in [0.15, 0.2) is 18.2 Å². The fourth-order valence-electron chi connectivity index (χ4n) is 2.66. The van der Waals surface area contributed by atoms with Gasteiger partial charge in [0.25, 0.3) is 0 Å². The number of phenolic OH excluding ortho intramolecular Hbond substituents is 1. The van der Waals surface area contributed by atoms with Gasteiger partial charge in [-0.1, -0.05) is 0 Å². The third-order valence-corrected chi connectivity index (χ3v) is 4.32. The van der Waals surface area contributed by atoms with Crippen molar-refractivity contribution in [1.82, 2.24) is 4.90 Å². The third kappa shape index (κ3) is 4.29. The lowest BCUT2D eigenvalue weighted by Crippen LogP contribution is -2.36. The van der Waals surface area contributed by atoms with E-state index in [1.165, 1.54) is 12.8 Å². The van der Waals surface area contributed by atoms with Crippen LogP contribution < -0.4 is 0 Å². The quantitative estimate of drug-likeness (QED) is 0.748. The Balaban J connectivity index is 2.14. The molecule has 1 aliphatic rings. The molecule has 1 atom stereocenters. The second-order valence-corrected chi connectivity index (χ2v) is 5.94. The molecule has 0 bridgehead atoms. The molecule has 1 aliphatic carbocycles. The summed E-state index contributed by atoms with van der Waals surface area (Å²) >= 11 is 0. The highest BCUT2D eigenvalue weighted by atomic mass is 16.5. The maximum absolute atomic E-state index is 11.5. The Morgan fingerprint density at radius 2 is 2.19 bits per heavy atom. The number of nitrogens with zero attached hydrogens (tertiary/aromatic N) is 1. The Morgan fingerprint density at radius 1 is 1.48 bits per heavy atom. The number of rotatable bonds is 8. The molecule has 4 heteroatoms. The van der Waals surface area contributed by atoms with Gasteiger partial charge in [0.1, 0.15) is 5.75 Å². The summed E-state index contributed by atoms with van der Waals surface area (Å²) in [6.07, 6.45) is 2.56. The molecule has 0 heterocycles. The molecule has 4 nitrogen and oxygen atoms in total. The van der Waals surface area contributed by atoms with Crippen LogP contribution in [0.4, 0.5) is 0 Å². The minimum absolute atomic E-state index is 0.0231. The summed E-state index contributed by atoms with van der Waals surface area (Å²) in [6, 6.07) is 5.56. The first kappa shape index (κ1) is 16.0. The molecule has 0 aliphatic heterocycles. The van der Waals surface area contributed by atoms with Crippen LogP contribution in [0, 0.1) is 5.92 Å². The van der Waals surface area contributed by atoms with Crippen LogP contribution in [-0.2, 0) is 11.3 Å². The summed E-state index contributed by atoms with van der Waals surface area (Å²) in [6.45, 7) is 5.93. The van der Waals surface area contributed by atoms with Crippen molar-refractivity contribution in [3.63, 3.8) is 0 Å². The molecule has 1 N–H and O–H groups in total. The average Bonchev–Trinajstić information content (AvgIpc) is 3.28. The molecule has 1 aromatic carbocycles.